The second-order valence-corrected chi connectivity index (χ2v) is 5.34. The van der Waals surface area contributed by atoms with Gasteiger partial charge in [0.15, 0.2) is 5.76 Å². The molecule has 2 aliphatic rings. The normalized spacial score (nSPS) is 23.7. The van der Waals surface area contributed by atoms with Gasteiger partial charge in [0, 0.05) is 5.41 Å². The van der Waals surface area contributed by atoms with Gasteiger partial charge in [0.1, 0.15) is 0 Å². The zero-order valence-corrected chi connectivity index (χ0v) is 10.4. The molecule has 1 heterocycles. The van der Waals surface area contributed by atoms with Crippen LogP contribution in [0.4, 0.5) is 0 Å². The van der Waals surface area contributed by atoms with Crippen molar-refractivity contribution >= 4 is 29.2 Å². The first-order valence-corrected chi connectivity index (χ1v) is 6.11. The molecule has 15 heavy (non-hydrogen) atoms. The molecule has 80 valence electrons. The van der Waals surface area contributed by atoms with Crippen molar-refractivity contribution in [3.8, 4) is 0 Å². The molecular formula is C11H13NOS2. The molecule has 0 fully saturated rings. The summed E-state index contributed by atoms with van der Waals surface area (Å²) < 4.78 is 5.56. The van der Waals surface area contributed by atoms with Crippen molar-refractivity contribution in [2.24, 2.45) is 5.41 Å². The van der Waals surface area contributed by atoms with Crippen molar-refractivity contribution < 1.29 is 4.18 Å². The molecule has 2 rings (SSSR count). The zero-order valence-electron chi connectivity index (χ0n) is 8.74. The average molecular weight is 239 g/mol. The number of thiocarbonyl (C=S) groups is 1. The van der Waals surface area contributed by atoms with Gasteiger partial charge in [-0.2, -0.15) is 0 Å². The van der Waals surface area contributed by atoms with Crippen molar-refractivity contribution in [2.75, 3.05) is 5.75 Å². The maximum atomic E-state index is 5.56. The van der Waals surface area contributed by atoms with E-state index in [-0.39, 0.29) is 5.41 Å². The second-order valence-electron chi connectivity index (χ2n) is 4.16. The smallest absolute Gasteiger partial charge is 0.160 e. The molecule has 1 aliphatic heterocycles. The fourth-order valence-electron chi connectivity index (χ4n) is 1.32. The van der Waals surface area contributed by atoms with Gasteiger partial charge in [-0.1, -0.05) is 38.2 Å². The van der Waals surface area contributed by atoms with Gasteiger partial charge in [0.25, 0.3) is 0 Å². The molecule has 0 unspecified atom stereocenters. The van der Waals surface area contributed by atoms with E-state index in [1.807, 2.05) is 12.2 Å². The fraction of sp³-hybridized carbons (Fsp3) is 0.364. The van der Waals surface area contributed by atoms with Crippen LogP contribution in [0.3, 0.4) is 0 Å². The van der Waals surface area contributed by atoms with E-state index in [9.17, 15) is 0 Å². The molecule has 0 amide bonds. The highest BCUT2D eigenvalue weighted by atomic mass is 32.2. The Labute approximate surface area is 99.7 Å². The molecule has 4 heteroatoms. The van der Waals surface area contributed by atoms with Crippen LogP contribution in [0, 0.1) is 5.41 Å². The third-order valence-electron chi connectivity index (χ3n) is 2.22. The molecule has 0 saturated heterocycles. The molecule has 0 atom stereocenters. The Morgan fingerprint density at radius 2 is 2.13 bits per heavy atom. The van der Waals surface area contributed by atoms with Gasteiger partial charge in [0.05, 0.1) is 28.5 Å². The minimum atomic E-state index is 0.0591. The van der Waals surface area contributed by atoms with Gasteiger partial charge < -0.3 is 9.50 Å². The van der Waals surface area contributed by atoms with Crippen LogP contribution in [0.5, 0.6) is 0 Å². The molecular weight excluding hydrogens is 226 g/mol. The molecule has 0 radical (unpaired) electrons. The van der Waals surface area contributed by atoms with Crippen molar-refractivity contribution in [1.29, 1.82) is 0 Å². The summed E-state index contributed by atoms with van der Waals surface area (Å²) in [5.41, 5.74) is 1.01. The van der Waals surface area contributed by atoms with E-state index >= 15 is 0 Å². The molecule has 1 aliphatic carbocycles. The molecule has 0 saturated carbocycles. The average Bonchev–Trinajstić information content (AvgIpc) is 2.40. The minimum absolute atomic E-state index is 0.0591. The van der Waals surface area contributed by atoms with Gasteiger partial charge in [-0.15, -0.1) is 0 Å². The maximum Gasteiger partial charge on any atom is 0.160 e. The number of allylic oxidation sites excluding steroid dienone is 4. The highest BCUT2D eigenvalue weighted by molar-refractivity contribution is 7.96. The lowest BCUT2D eigenvalue weighted by Crippen LogP contribution is -2.20. The summed E-state index contributed by atoms with van der Waals surface area (Å²) in [7, 11) is 0. The van der Waals surface area contributed by atoms with Crippen molar-refractivity contribution in [2.45, 2.75) is 13.8 Å². The summed E-state index contributed by atoms with van der Waals surface area (Å²) in [6.45, 7) is 4.30. The minimum Gasteiger partial charge on any atom is -0.423 e. The van der Waals surface area contributed by atoms with E-state index in [2.05, 4.69) is 31.3 Å². The summed E-state index contributed by atoms with van der Waals surface area (Å²) in [6, 6.07) is 0. The molecule has 2 nitrogen and oxygen atoms in total. The summed E-state index contributed by atoms with van der Waals surface area (Å²) in [5, 5.41) is 3.19. The monoisotopic (exact) mass is 239 g/mol. The van der Waals surface area contributed by atoms with Gasteiger partial charge in [-0.3, -0.25) is 0 Å². The summed E-state index contributed by atoms with van der Waals surface area (Å²) in [6.07, 6.45) is 8.31. The number of nitrogens with one attached hydrogen (secondary N) is 1. The molecule has 0 aromatic heterocycles. The first-order chi connectivity index (χ1) is 7.07. The maximum absolute atomic E-state index is 5.56. The highest BCUT2D eigenvalue weighted by Gasteiger charge is 2.18. The third-order valence-corrected chi connectivity index (χ3v) is 3.36. The van der Waals surface area contributed by atoms with Crippen LogP contribution >= 0.6 is 24.3 Å². The standard InChI is InChI=1S/C11H13NOS2/c1-11(2)5-3-8-9(4-6-11)13-15-7-10(14)12-8/h3-6H,7H2,1-2H3,(H,12,14). The van der Waals surface area contributed by atoms with E-state index in [1.54, 1.807) is 0 Å². The number of rotatable bonds is 0. The zero-order chi connectivity index (χ0) is 10.9. The van der Waals surface area contributed by atoms with E-state index in [0.717, 1.165) is 16.4 Å². The summed E-state index contributed by atoms with van der Waals surface area (Å²) in [5.74, 6) is 1.55. The van der Waals surface area contributed by atoms with E-state index in [1.165, 1.54) is 12.0 Å². The Bertz CT molecular complexity index is 380. The molecule has 0 aromatic carbocycles. The van der Waals surface area contributed by atoms with Crippen LogP contribution in [0.2, 0.25) is 0 Å². The fourth-order valence-corrected chi connectivity index (χ4v) is 2.09. The van der Waals surface area contributed by atoms with Crippen LogP contribution < -0.4 is 5.32 Å². The molecule has 1 N–H and O–H groups in total. The van der Waals surface area contributed by atoms with Crippen LogP contribution in [-0.4, -0.2) is 10.7 Å². The molecule has 0 bridgehead atoms. The van der Waals surface area contributed by atoms with Crippen LogP contribution in [0.15, 0.2) is 35.8 Å². The highest BCUT2D eigenvalue weighted by Crippen LogP contribution is 2.28. The van der Waals surface area contributed by atoms with Crippen LogP contribution in [0.1, 0.15) is 13.8 Å². The quantitative estimate of drug-likeness (QED) is 0.518. The van der Waals surface area contributed by atoms with E-state index < -0.39 is 0 Å². The van der Waals surface area contributed by atoms with Gasteiger partial charge in [-0.25, -0.2) is 0 Å². The Morgan fingerprint density at radius 3 is 2.93 bits per heavy atom. The Balaban J connectivity index is 2.33. The van der Waals surface area contributed by atoms with Gasteiger partial charge >= 0.3 is 0 Å². The van der Waals surface area contributed by atoms with Gasteiger partial charge in [-0.05, 0) is 12.2 Å². The Kier molecular flexibility index (Phi) is 2.89. The topological polar surface area (TPSA) is 21.3 Å². The first-order valence-electron chi connectivity index (χ1n) is 4.79. The van der Waals surface area contributed by atoms with Crippen molar-refractivity contribution in [1.82, 2.24) is 5.32 Å². The summed E-state index contributed by atoms with van der Waals surface area (Å²) in [4.78, 5) is 0.808. The van der Waals surface area contributed by atoms with Crippen LogP contribution in [-0.2, 0) is 4.18 Å². The SMILES string of the molecule is CC1(C)C=CC2=C(C=C1)OSCC(=S)N2. The second kappa shape index (κ2) is 4.02. The van der Waals surface area contributed by atoms with Crippen molar-refractivity contribution in [3.63, 3.8) is 0 Å². The Hall–Kier alpha value is -0.740. The van der Waals surface area contributed by atoms with E-state index in [4.69, 9.17) is 16.4 Å². The summed E-state index contributed by atoms with van der Waals surface area (Å²) >= 11 is 6.53. The molecule has 0 aromatic rings. The lowest BCUT2D eigenvalue weighted by Gasteiger charge is -2.12. The molecule has 0 spiro atoms. The predicted molar refractivity (Wildman–Crippen MR) is 68.4 cm³/mol. The lowest BCUT2D eigenvalue weighted by molar-refractivity contribution is 0.515. The van der Waals surface area contributed by atoms with Gasteiger partial charge in [0.2, 0.25) is 0 Å². The lowest BCUT2D eigenvalue weighted by atomic mass is 9.93. The predicted octanol–water partition coefficient (Wildman–Crippen LogP) is 2.95. The number of hydrogen-bond donors (Lipinski definition) is 1. The van der Waals surface area contributed by atoms with Crippen LogP contribution in [0.25, 0.3) is 0 Å². The van der Waals surface area contributed by atoms with E-state index in [0.29, 0.717) is 5.75 Å². The number of hydrogen-bond acceptors (Lipinski definition) is 3. The van der Waals surface area contributed by atoms with Crippen molar-refractivity contribution in [3.05, 3.63) is 35.8 Å². The third kappa shape index (κ3) is 2.63. The largest absolute Gasteiger partial charge is 0.423 e. The first kappa shape index (κ1) is 10.8. The Morgan fingerprint density at radius 1 is 1.40 bits per heavy atom.